The summed E-state index contributed by atoms with van der Waals surface area (Å²) in [4.78, 5) is 15.7. The van der Waals surface area contributed by atoms with E-state index >= 15 is 0 Å². The Kier molecular flexibility index (Phi) is 3.58. The summed E-state index contributed by atoms with van der Waals surface area (Å²) in [6, 6.07) is 0. The fourth-order valence-corrected chi connectivity index (χ4v) is 7.30. The molecule has 3 saturated carbocycles. The molecule has 4 fully saturated rings. The Morgan fingerprint density at radius 3 is 2.68 bits per heavy atom. The standard InChI is InChI=1S/C22H33NO2/c1-21-7-5-16(24)12-15(21)3-4-17-18(21)6-8-22(2)19(17)11-14(20(22)25)13-23-9-10-23/h3,14,16-19,24H,4-13H2,1-2H3/t14?,16-,17+,18-,19-,21-,22-/m0/s1. The molecule has 1 aliphatic heterocycles. The van der Waals surface area contributed by atoms with Crippen molar-refractivity contribution in [2.45, 2.75) is 64.9 Å². The highest BCUT2D eigenvalue weighted by Crippen LogP contribution is 2.64. The van der Waals surface area contributed by atoms with Gasteiger partial charge < -0.3 is 10.0 Å². The van der Waals surface area contributed by atoms with Crippen molar-refractivity contribution in [1.29, 1.82) is 0 Å². The van der Waals surface area contributed by atoms with Crippen LogP contribution in [0.5, 0.6) is 0 Å². The van der Waals surface area contributed by atoms with Crippen molar-refractivity contribution < 1.29 is 9.90 Å². The first kappa shape index (κ1) is 16.5. The summed E-state index contributed by atoms with van der Waals surface area (Å²) in [7, 11) is 0. The van der Waals surface area contributed by atoms with Gasteiger partial charge in [0.05, 0.1) is 6.10 Å². The smallest absolute Gasteiger partial charge is 0.143 e. The molecule has 1 saturated heterocycles. The first-order chi connectivity index (χ1) is 11.9. The molecule has 0 aromatic rings. The number of aliphatic hydroxyl groups is 1. The molecular weight excluding hydrogens is 310 g/mol. The van der Waals surface area contributed by atoms with Crippen molar-refractivity contribution in [1.82, 2.24) is 4.90 Å². The second-order valence-electron chi connectivity index (χ2n) is 10.2. The van der Waals surface area contributed by atoms with Gasteiger partial charge in [-0.1, -0.05) is 25.5 Å². The van der Waals surface area contributed by atoms with Crippen molar-refractivity contribution in [3.63, 3.8) is 0 Å². The maximum Gasteiger partial charge on any atom is 0.143 e. The quantitative estimate of drug-likeness (QED) is 0.617. The molecule has 0 aromatic heterocycles. The Bertz CT molecular complexity index is 624. The molecule has 25 heavy (non-hydrogen) atoms. The van der Waals surface area contributed by atoms with Crippen LogP contribution < -0.4 is 0 Å². The van der Waals surface area contributed by atoms with Gasteiger partial charge in [0, 0.05) is 31.0 Å². The molecule has 0 amide bonds. The van der Waals surface area contributed by atoms with E-state index in [1.54, 1.807) is 0 Å². The lowest BCUT2D eigenvalue weighted by Crippen LogP contribution is -2.50. The SMILES string of the molecule is C[C@]12CC[C@H](O)CC1=CC[C@@H]1[C@@H]2CC[C@]2(C)C(=O)C(CN3CC3)C[C@@H]12. The normalized spacial score (nSPS) is 52.2. The van der Waals surface area contributed by atoms with Gasteiger partial charge >= 0.3 is 0 Å². The van der Waals surface area contributed by atoms with Gasteiger partial charge in [0.25, 0.3) is 0 Å². The lowest BCUT2D eigenvalue weighted by atomic mass is 9.48. The molecule has 0 spiro atoms. The van der Waals surface area contributed by atoms with Crippen LogP contribution in [0.2, 0.25) is 0 Å². The van der Waals surface area contributed by atoms with Gasteiger partial charge in [-0.05, 0) is 68.1 Å². The van der Waals surface area contributed by atoms with Gasteiger partial charge in [-0.2, -0.15) is 0 Å². The molecule has 5 aliphatic rings. The lowest BCUT2D eigenvalue weighted by Gasteiger charge is -2.56. The number of allylic oxidation sites excluding steroid dienone is 1. The van der Waals surface area contributed by atoms with E-state index in [-0.39, 0.29) is 16.9 Å². The highest BCUT2D eigenvalue weighted by atomic mass is 16.3. The molecule has 5 rings (SSSR count). The maximum atomic E-state index is 13.2. The van der Waals surface area contributed by atoms with Crippen LogP contribution in [0, 0.1) is 34.5 Å². The second kappa shape index (κ2) is 5.42. The zero-order chi connectivity index (χ0) is 17.4. The third-order valence-corrected chi connectivity index (χ3v) is 8.96. The van der Waals surface area contributed by atoms with Crippen LogP contribution in [-0.4, -0.2) is 41.5 Å². The molecule has 0 bridgehead atoms. The van der Waals surface area contributed by atoms with Crippen LogP contribution in [0.25, 0.3) is 0 Å². The average Bonchev–Trinajstić information content (AvgIpc) is 3.36. The Labute approximate surface area is 151 Å². The third-order valence-electron chi connectivity index (χ3n) is 8.96. The first-order valence-corrected chi connectivity index (χ1v) is 10.6. The van der Waals surface area contributed by atoms with Crippen molar-refractivity contribution in [2.24, 2.45) is 34.5 Å². The number of carbonyl (C=O) groups is 1. The van der Waals surface area contributed by atoms with E-state index < -0.39 is 0 Å². The number of ketones is 1. The summed E-state index contributed by atoms with van der Waals surface area (Å²) in [6.45, 7) is 8.18. The minimum absolute atomic E-state index is 0.0578. The van der Waals surface area contributed by atoms with Crippen molar-refractivity contribution in [2.75, 3.05) is 19.6 Å². The zero-order valence-electron chi connectivity index (χ0n) is 15.8. The molecule has 0 radical (unpaired) electrons. The Hall–Kier alpha value is -0.670. The number of carbonyl (C=O) groups excluding carboxylic acids is 1. The second-order valence-corrected chi connectivity index (χ2v) is 10.2. The number of fused-ring (bicyclic) bond motifs is 5. The Balaban J connectivity index is 1.44. The summed E-state index contributed by atoms with van der Waals surface area (Å²) in [5.74, 6) is 2.88. The van der Waals surface area contributed by atoms with E-state index in [4.69, 9.17) is 0 Å². The van der Waals surface area contributed by atoms with E-state index in [2.05, 4.69) is 24.8 Å². The summed E-state index contributed by atoms with van der Waals surface area (Å²) < 4.78 is 0. The third kappa shape index (κ3) is 2.34. The molecule has 0 aromatic carbocycles. The van der Waals surface area contributed by atoms with E-state index in [9.17, 15) is 9.90 Å². The molecule has 1 N–H and O–H groups in total. The fourth-order valence-electron chi connectivity index (χ4n) is 7.30. The topological polar surface area (TPSA) is 40.3 Å². The van der Waals surface area contributed by atoms with Crippen LogP contribution in [0.15, 0.2) is 11.6 Å². The molecule has 1 unspecified atom stereocenters. The summed E-state index contributed by atoms with van der Waals surface area (Å²) in [6.07, 6.45) is 9.90. The number of rotatable bonds is 2. The van der Waals surface area contributed by atoms with E-state index in [1.807, 2.05) is 0 Å². The average molecular weight is 344 g/mol. The molecule has 4 aliphatic carbocycles. The van der Waals surface area contributed by atoms with Gasteiger partial charge in [0.1, 0.15) is 5.78 Å². The molecule has 3 nitrogen and oxygen atoms in total. The summed E-state index contributed by atoms with van der Waals surface area (Å²) in [5.41, 5.74) is 1.75. The number of hydrogen-bond donors (Lipinski definition) is 1. The number of hydrogen-bond acceptors (Lipinski definition) is 3. The van der Waals surface area contributed by atoms with Crippen LogP contribution in [0.4, 0.5) is 0 Å². The fraction of sp³-hybridized carbons (Fsp3) is 0.864. The monoisotopic (exact) mass is 343 g/mol. The Morgan fingerprint density at radius 2 is 1.92 bits per heavy atom. The van der Waals surface area contributed by atoms with Gasteiger partial charge in [-0.3, -0.25) is 4.79 Å². The molecule has 138 valence electrons. The van der Waals surface area contributed by atoms with Crippen molar-refractivity contribution >= 4 is 5.78 Å². The van der Waals surface area contributed by atoms with Gasteiger partial charge in [-0.15, -0.1) is 0 Å². The van der Waals surface area contributed by atoms with Gasteiger partial charge in [0.2, 0.25) is 0 Å². The van der Waals surface area contributed by atoms with Crippen LogP contribution in [-0.2, 0) is 4.79 Å². The highest BCUT2D eigenvalue weighted by molar-refractivity contribution is 5.89. The van der Waals surface area contributed by atoms with E-state index in [1.165, 1.54) is 25.1 Å². The maximum absolute atomic E-state index is 13.2. The largest absolute Gasteiger partial charge is 0.393 e. The minimum atomic E-state index is -0.130. The summed E-state index contributed by atoms with van der Waals surface area (Å²) >= 11 is 0. The van der Waals surface area contributed by atoms with Crippen LogP contribution >= 0.6 is 0 Å². The van der Waals surface area contributed by atoms with E-state index in [0.717, 1.165) is 51.0 Å². The van der Waals surface area contributed by atoms with Crippen molar-refractivity contribution in [3.8, 4) is 0 Å². The van der Waals surface area contributed by atoms with E-state index in [0.29, 0.717) is 23.5 Å². The molecular formula is C22H33NO2. The minimum Gasteiger partial charge on any atom is -0.393 e. The lowest BCUT2D eigenvalue weighted by molar-refractivity contribution is -0.134. The predicted octanol–water partition coefficient (Wildman–Crippen LogP) is 3.42. The van der Waals surface area contributed by atoms with Crippen LogP contribution in [0.3, 0.4) is 0 Å². The number of nitrogens with zero attached hydrogens (tertiary/aromatic N) is 1. The summed E-state index contributed by atoms with van der Waals surface area (Å²) in [5, 5.41) is 10.1. The molecule has 7 atom stereocenters. The van der Waals surface area contributed by atoms with Crippen molar-refractivity contribution in [3.05, 3.63) is 11.6 Å². The van der Waals surface area contributed by atoms with Gasteiger partial charge in [-0.25, -0.2) is 0 Å². The Morgan fingerprint density at radius 1 is 1.16 bits per heavy atom. The molecule has 1 heterocycles. The molecule has 3 heteroatoms. The van der Waals surface area contributed by atoms with Crippen LogP contribution in [0.1, 0.15) is 58.8 Å². The highest BCUT2D eigenvalue weighted by Gasteiger charge is 2.61. The zero-order valence-corrected chi connectivity index (χ0v) is 15.8. The predicted molar refractivity (Wildman–Crippen MR) is 98.0 cm³/mol. The number of Topliss-reactive ketones (excluding diaryl/α,β-unsaturated/α-hetero) is 1. The first-order valence-electron chi connectivity index (χ1n) is 10.6. The number of aliphatic hydroxyl groups excluding tert-OH is 1. The van der Waals surface area contributed by atoms with Gasteiger partial charge in [0.15, 0.2) is 0 Å².